The maximum atomic E-state index is 11.6. The lowest BCUT2D eigenvalue weighted by Gasteiger charge is -2.10. The second kappa shape index (κ2) is 4.75. The van der Waals surface area contributed by atoms with Gasteiger partial charge in [-0.2, -0.15) is 0 Å². The molecule has 1 aliphatic rings. The van der Waals surface area contributed by atoms with Crippen molar-refractivity contribution in [3.8, 4) is 0 Å². The van der Waals surface area contributed by atoms with Crippen molar-refractivity contribution < 1.29 is 18.3 Å². The number of rotatable bonds is 4. The van der Waals surface area contributed by atoms with E-state index in [1.807, 2.05) is 4.72 Å². The summed E-state index contributed by atoms with van der Waals surface area (Å²) in [6.45, 7) is 0.198. The van der Waals surface area contributed by atoms with Gasteiger partial charge in [0.2, 0.25) is 0 Å². The van der Waals surface area contributed by atoms with Crippen molar-refractivity contribution in [2.24, 2.45) is 0 Å². The number of alkyl halides is 1. The number of aliphatic hydroxyl groups excluding tert-OH is 1. The monoisotopic (exact) mass is 290 g/mol. The second-order valence-electron chi connectivity index (χ2n) is 3.83. The van der Waals surface area contributed by atoms with Gasteiger partial charge in [0.15, 0.2) is 0 Å². The van der Waals surface area contributed by atoms with E-state index < -0.39 is 22.0 Å². The minimum Gasteiger partial charge on any atom is -0.390 e. The van der Waals surface area contributed by atoms with E-state index >= 15 is 0 Å². The van der Waals surface area contributed by atoms with Crippen LogP contribution in [0.3, 0.4) is 0 Å². The lowest BCUT2D eigenvalue weighted by molar-refractivity contribution is 0.0985. The standard InChI is InChI=1S/C10H11ClN2O4S/c11-4-7(14)5-12-6-1-2-8-9(3-6)18(16,17)13-10(8)15/h1-3,7,12,14H,4-5H2,(H,13,15). The van der Waals surface area contributed by atoms with E-state index in [4.69, 9.17) is 11.6 Å². The average Bonchev–Trinajstić information content (AvgIpc) is 2.56. The molecule has 8 heteroatoms. The second-order valence-corrected chi connectivity index (χ2v) is 5.79. The quantitative estimate of drug-likeness (QED) is 0.685. The molecule has 0 saturated heterocycles. The van der Waals surface area contributed by atoms with Crippen molar-refractivity contribution in [3.63, 3.8) is 0 Å². The molecule has 0 radical (unpaired) electrons. The molecule has 0 aliphatic carbocycles. The molecule has 18 heavy (non-hydrogen) atoms. The van der Waals surface area contributed by atoms with Crippen LogP contribution < -0.4 is 10.0 Å². The number of hydrogen-bond donors (Lipinski definition) is 3. The molecule has 98 valence electrons. The van der Waals surface area contributed by atoms with Gasteiger partial charge in [-0.05, 0) is 18.2 Å². The van der Waals surface area contributed by atoms with Crippen molar-refractivity contribution in [1.82, 2.24) is 4.72 Å². The van der Waals surface area contributed by atoms with Crippen LogP contribution in [0.4, 0.5) is 5.69 Å². The number of aliphatic hydroxyl groups is 1. The Morgan fingerprint density at radius 1 is 1.44 bits per heavy atom. The highest BCUT2D eigenvalue weighted by atomic mass is 35.5. The molecular weight excluding hydrogens is 280 g/mol. The van der Waals surface area contributed by atoms with E-state index in [0.717, 1.165) is 0 Å². The molecule has 0 fully saturated rings. The largest absolute Gasteiger partial charge is 0.390 e. The molecule has 1 atom stereocenters. The van der Waals surface area contributed by atoms with Gasteiger partial charge in [-0.25, -0.2) is 13.1 Å². The van der Waals surface area contributed by atoms with Crippen LogP contribution in [-0.2, 0) is 10.0 Å². The number of amides is 1. The maximum Gasteiger partial charge on any atom is 0.266 e. The highest BCUT2D eigenvalue weighted by Crippen LogP contribution is 2.25. The van der Waals surface area contributed by atoms with E-state index in [1.54, 1.807) is 6.07 Å². The molecule has 6 nitrogen and oxygen atoms in total. The summed E-state index contributed by atoms with van der Waals surface area (Å²) in [6.07, 6.45) is -0.726. The third-order valence-corrected chi connectivity index (χ3v) is 4.19. The fourth-order valence-electron chi connectivity index (χ4n) is 1.56. The van der Waals surface area contributed by atoms with Gasteiger partial charge < -0.3 is 10.4 Å². The zero-order valence-corrected chi connectivity index (χ0v) is 10.8. The summed E-state index contributed by atoms with van der Waals surface area (Å²) in [5.41, 5.74) is 0.622. The number of fused-ring (bicyclic) bond motifs is 1. The van der Waals surface area contributed by atoms with Crippen LogP contribution in [0.5, 0.6) is 0 Å². The lowest BCUT2D eigenvalue weighted by Crippen LogP contribution is -2.21. The summed E-state index contributed by atoms with van der Waals surface area (Å²) in [7, 11) is -3.75. The van der Waals surface area contributed by atoms with Gasteiger partial charge in [0.1, 0.15) is 4.90 Å². The third kappa shape index (κ3) is 2.43. The van der Waals surface area contributed by atoms with Gasteiger partial charge in [0.05, 0.1) is 17.5 Å². The Morgan fingerprint density at radius 3 is 2.83 bits per heavy atom. The third-order valence-electron chi connectivity index (χ3n) is 2.46. The first kappa shape index (κ1) is 13.1. The minimum absolute atomic E-state index is 0.0575. The van der Waals surface area contributed by atoms with Crippen molar-refractivity contribution in [2.75, 3.05) is 17.7 Å². The van der Waals surface area contributed by atoms with E-state index in [-0.39, 0.29) is 22.9 Å². The molecule has 1 aliphatic heterocycles. The Labute approximate surface area is 109 Å². The zero-order chi connectivity index (χ0) is 13.3. The van der Waals surface area contributed by atoms with Crippen LogP contribution in [0.15, 0.2) is 23.1 Å². The number of sulfonamides is 1. The summed E-state index contributed by atoms with van der Waals surface area (Å²) < 4.78 is 25.1. The molecule has 1 unspecified atom stereocenters. The highest BCUT2D eigenvalue weighted by molar-refractivity contribution is 7.90. The van der Waals surface area contributed by atoms with Gasteiger partial charge in [0.25, 0.3) is 15.9 Å². The molecule has 1 aromatic carbocycles. The number of carbonyl (C=O) groups excluding carboxylic acids is 1. The van der Waals surface area contributed by atoms with Crippen LogP contribution >= 0.6 is 11.6 Å². The predicted octanol–water partition coefficient (Wildman–Crippen LogP) is 0.130. The first-order chi connectivity index (χ1) is 8.44. The van der Waals surface area contributed by atoms with Crippen LogP contribution in [0.2, 0.25) is 0 Å². The number of anilines is 1. The van der Waals surface area contributed by atoms with Crippen molar-refractivity contribution >= 4 is 33.2 Å². The normalized spacial score (nSPS) is 18.0. The number of hydrogen-bond acceptors (Lipinski definition) is 5. The van der Waals surface area contributed by atoms with Crippen molar-refractivity contribution in [2.45, 2.75) is 11.0 Å². The average molecular weight is 291 g/mol. The van der Waals surface area contributed by atoms with Gasteiger partial charge in [-0.15, -0.1) is 11.6 Å². The van der Waals surface area contributed by atoms with Crippen LogP contribution in [-0.4, -0.2) is 38.0 Å². The summed E-state index contributed by atoms with van der Waals surface area (Å²) in [4.78, 5) is 11.3. The number of carbonyl (C=O) groups is 1. The Hall–Kier alpha value is -1.31. The molecule has 1 aromatic rings. The molecular formula is C10H11ClN2O4S. The zero-order valence-electron chi connectivity index (χ0n) is 9.18. The smallest absolute Gasteiger partial charge is 0.266 e. The summed E-state index contributed by atoms with van der Waals surface area (Å²) in [5, 5.41) is 12.1. The first-order valence-electron chi connectivity index (χ1n) is 5.13. The molecule has 0 bridgehead atoms. The van der Waals surface area contributed by atoms with E-state index in [2.05, 4.69) is 5.32 Å². The molecule has 3 N–H and O–H groups in total. The number of halogens is 1. The van der Waals surface area contributed by atoms with Crippen LogP contribution in [0.25, 0.3) is 0 Å². The fourth-order valence-corrected chi connectivity index (χ4v) is 2.87. The lowest BCUT2D eigenvalue weighted by atomic mass is 10.2. The number of benzene rings is 1. The molecule has 1 heterocycles. The Balaban J connectivity index is 2.25. The van der Waals surface area contributed by atoms with Gasteiger partial charge in [-0.3, -0.25) is 4.79 Å². The van der Waals surface area contributed by atoms with Gasteiger partial charge in [-0.1, -0.05) is 0 Å². The van der Waals surface area contributed by atoms with E-state index in [1.165, 1.54) is 12.1 Å². The van der Waals surface area contributed by atoms with E-state index in [9.17, 15) is 18.3 Å². The topological polar surface area (TPSA) is 95.5 Å². The molecule has 2 rings (SSSR count). The summed E-state index contributed by atoms with van der Waals surface area (Å²) >= 11 is 5.44. The van der Waals surface area contributed by atoms with Gasteiger partial charge in [0, 0.05) is 12.2 Å². The Kier molecular flexibility index (Phi) is 3.47. The summed E-state index contributed by atoms with van der Waals surface area (Å²) in [5.74, 6) is -0.548. The van der Waals surface area contributed by atoms with Crippen LogP contribution in [0, 0.1) is 0 Å². The van der Waals surface area contributed by atoms with Gasteiger partial charge >= 0.3 is 0 Å². The fraction of sp³-hybridized carbons (Fsp3) is 0.300. The van der Waals surface area contributed by atoms with Crippen molar-refractivity contribution in [3.05, 3.63) is 23.8 Å². The molecule has 0 spiro atoms. The van der Waals surface area contributed by atoms with Crippen molar-refractivity contribution in [1.29, 1.82) is 0 Å². The van der Waals surface area contributed by atoms with Crippen LogP contribution in [0.1, 0.15) is 10.4 Å². The number of nitrogens with one attached hydrogen (secondary N) is 2. The molecule has 1 amide bonds. The Morgan fingerprint density at radius 2 is 2.17 bits per heavy atom. The van der Waals surface area contributed by atoms with E-state index in [0.29, 0.717) is 5.69 Å². The first-order valence-corrected chi connectivity index (χ1v) is 7.15. The predicted molar refractivity (Wildman–Crippen MR) is 66.3 cm³/mol. The Bertz CT molecular complexity index is 588. The SMILES string of the molecule is O=C1NS(=O)(=O)c2cc(NCC(O)CCl)ccc21. The summed E-state index contributed by atoms with van der Waals surface area (Å²) in [6, 6.07) is 4.34. The highest BCUT2D eigenvalue weighted by Gasteiger charge is 2.32. The molecule has 0 saturated carbocycles. The molecule has 0 aromatic heterocycles. The maximum absolute atomic E-state index is 11.6. The minimum atomic E-state index is -3.75.